The van der Waals surface area contributed by atoms with Crippen LogP contribution in [-0.2, 0) is 6.54 Å². The van der Waals surface area contributed by atoms with Gasteiger partial charge < -0.3 is 4.57 Å². The molecule has 14 heavy (non-hydrogen) atoms. The van der Waals surface area contributed by atoms with Crippen LogP contribution in [-0.4, -0.2) is 10.4 Å². The number of aryl methyl sites for hydroxylation is 1. The number of alkyl halides is 1. The number of halogens is 2. The predicted molar refractivity (Wildman–Crippen MR) is 63.0 cm³/mol. The first kappa shape index (κ1) is 11.8. The first-order chi connectivity index (χ1) is 6.75. The van der Waals surface area contributed by atoms with Crippen LogP contribution in [0.1, 0.15) is 19.3 Å². The number of hydrogen-bond donors (Lipinski definition) is 0. The van der Waals surface area contributed by atoms with Crippen molar-refractivity contribution in [3.63, 3.8) is 0 Å². The molecule has 0 bridgehead atoms. The lowest BCUT2D eigenvalue weighted by Crippen LogP contribution is -2.19. The lowest BCUT2D eigenvalue weighted by molar-refractivity contribution is 0.587. The Kier molecular flexibility index (Phi) is 5.26. The van der Waals surface area contributed by atoms with Crippen LogP contribution in [0.3, 0.4) is 0 Å². The van der Waals surface area contributed by atoms with E-state index in [0.29, 0.717) is 10.4 Å². The van der Waals surface area contributed by atoms with Crippen molar-refractivity contribution in [3.8, 4) is 0 Å². The van der Waals surface area contributed by atoms with E-state index in [0.717, 1.165) is 25.8 Å². The third kappa shape index (κ3) is 3.46. The van der Waals surface area contributed by atoms with Crippen molar-refractivity contribution in [1.29, 1.82) is 0 Å². The molecule has 0 unspecified atom stereocenters. The van der Waals surface area contributed by atoms with Gasteiger partial charge in [-0.3, -0.25) is 4.79 Å². The van der Waals surface area contributed by atoms with Crippen molar-refractivity contribution in [3.05, 3.63) is 33.2 Å². The number of aromatic nitrogens is 1. The summed E-state index contributed by atoms with van der Waals surface area (Å²) in [7, 11) is 0. The van der Waals surface area contributed by atoms with Crippen LogP contribution in [0, 0.1) is 0 Å². The fourth-order valence-electron chi connectivity index (χ4n) is 1.24. The average molecular weight is 279 g/mol. The summed E-state index contributed by atoms with van der Waals surface area (Å²) >= 11 is 8.78. The van der Waals surface area contributed by atoms with Gasteiger partial charge in [-0.05, 0) is 40.9 Å². The molecule has 0 aromatic carbocycles. The highest BCUT2D eigenvalue weighted by molar-refractivity contribution is 9.10. The molecule has 0 N–H and O–H groups in total. The third-order valence-electron chi connectivity index (χ3n) is 2.01. The second kappa shape index (κ2) is 6.25. The topological polar surface area (TPSA) is 22.0 Å². The zero-order valence-corrected chi connectivity index (χ0v) is 10.2. The second-order valence-electron chi connectivity index (χ2n) is 3.10. The summed E-state index contributed by atoms with van der Waals surface area (Å²) in [5, 5.41) is 0. The number of unbranched alkanes of at least 4 members (excludes halogenated alkanes) is 2. The fraction of sp³-hybridized carbons (Fsp3) is 0.500. The molecule has 0 fully saturated rings. The molecule has 78 valence electrons. The molecule has 0 aliphatic carbocycles. The van der Waals surface area contributed by atoms with Crippen LogP contribution < -0.4 is 5.56 Å². The Hall–Kier alpha value is -0.280. The molecule has 4 heteroatoms. The Labute approximate surface area is 97.0 Å². The highest BCUT2D eigenvalue weighted by Crippen LogP contribution is 2.03. The highest BCUT2D eigenvalue weighted by atomic mass is 79.9. The third-order valence-corrected chi connectivity index (χ3v) is 2.88. The van der Waals surface area contributed by atoms with Gasteiger partial charge in [-0.15, -0.1) is 11.6 Å². The van der Waals surface area contributed by atoms with E-state index in [1.54, 1.807) is 10.6 Å². The van der Waals surface area contributed by atoms with Crippen molar-refractivity contribution in [2.24, 2.45) is 0 Å². The molecular weight excluding hydrogens is 265 g/mol. The van der Waals surface area contributed by atoms with E-state index in [-0.39, 0.29) is 5.56 Å². The summed E-state index contributed by atoms with van der Waals surface area (Å²) in [4.78, 5) is 11.5. The van der Waals surface area contributed by atoms with Crippen molar-refractivity contribution in [2.45, 2.75) is 25.8 Å². The largest absolute Gasteiger partial charge is 0.315 e. The molecule has 1 aromatic heterocycles. The molecule has 0 spiro atoms. The van der Waals surface area contributed by atoms with Gasteiger partial charge in [0.1, 0.15) is 0 Å². The van der Waals surface area contributed by atoms with Gasteiger partial charge in [0, 0.05) is 18.6 Å². The molecule has 0 saturated heterocycles. The minimum atomic E-state index is 0.0402. The quantitative estimate of drug-likeness (QED) is 0.599. The van der Waals surface area contributed by atoms with Gasteiger partial charge in [-0.2, -0.15) is 0 Å². The predicted octanol–water partition coefficient (Wildman–Crippen LogP) is 3.02. The number of nitrogens with zero attached hydrogens (tertiary/aromatic N) is 1. The number of pyridine rings is 1. The molecule has 0 aliphatic heterocycles. The Morgan fingerprint density at radius 3 is 2.86 bits per heavy atom. The summed E-state index contributed by atoms with van der Waals surface area (Å²) < 4.78 is 2.34. The molecular formula is C10H13BrClNO. The fourth-order valence-corrected chi connectivity index (χ4v) is 1.81. The first-order valence-electron chi connectivity index (χ1n) is 4.66. The van der Waals surface area contributed by atoms with Crippen LogP contribution in [0.5, 0.6) is 0 Å². The molecule has 1 rings (SSSR count). The van der Waals surface area contributed by atoms with E-state index in [1.165, 1.54) is 0 Å². The van der Waals surface area contributed by atoms with Gasteiger partial charge in [0.25, 0.3) is 5.56 Å². The number of rotatable bonds is 5. The van der Waals surface area contributed by atoms with Crippen LogP contribution in [0.25, 0.3) is 0 Å². The van der Waals surface area contributed by atoms with Crippen LogP contribution in [0.2, 0.25) is 0 Å². The van der Waals surface area contributed by atoms with E-state index in [9.17, 15) is 4.79 Å². The van der Waals surface area contributed by atoms with Gasteiger partial charge in [0.05, 0.1) is 4.47 Å². The SMILES string of the molecule is O=c1c(Br)cccn1CCCCCCl. The molecule has 0 aliphatic rings. The summed E-state index contributed by atoms with van der Waals surface area (Å²) in [5.41, 5.74) is 0.0402. The molecule has 0 amide bonds. The Bertz CT molecular complexity index is 337. The van der Waals surface area contributed by atoms with E-state index in [2.05, 4.69) is 15.9 Å². The van der Waals surface area contributed by atoms with Crippen molar-refractivity contribution < 1.29 is 0 Å². The van der Waals surface area contributed by atoms with Crippen molar-refractivity contribution in [2.75, 3.05) is 5.88 Å². The average Bonchev–Trinajstić information content (AvgIpc) is 2.19. The van der Waals surface area contributed by atoms with Crippen molar-refractivity contribution in [1.82, 2.24) is 4.57 Å². The van der Waals surface area contributed by atoms with Gasteiger partial charge in [-0.25, -0.2) is 0 Å². The molecule has 0 atom stereocenters. The van der Waals surface area contributed by atoms with E-state index in [4.69, 9.17) is 11.6 Å². The maximum atomic E-state index is 11.5. The summed E-state index contributed by atoms with van der Waals surface area (Å²) in [6.45, 7) is 0.773. The number of hydrogen-bond acceptors (Lipinski definition) is 1. The zero-order valence-electron chi connectivity index (χ0n) is 7.88. The normalized spacial score (nSPS) is 10.4. The lowest BCUT2D eigenvalue weighted by atomic mass is 10.2. The minimum Gasteiger partial charge on any atom is -0.315 e. The lowest BCUT2D eigenvalue weighted by Gasteiger charge is -2.04. The molecule has 0 radical (unpaired) electrons. The van der Waals surface area contributed by atoms with Crippen LogP contribution in [0.15, 0.2) is 27.6 Å². The van der Waals surface area contributed by atoms with Gasteiger partial charge in [-0.1, -0.05) is 6.42 Å². The first-order valence-corrected chi connectivity index (χ1v) is 5.99. The second-order valence-corrected chi connectivity index (χ2v) is 4.34. The minimum absolute atomic E-state index is 0.0402. The Morgan fingerprint density at radius 1 is 1.36 bits per heavy atom. The summed E-state index contributed by atoms with van der Waals surface area (Å²) in [6.07, 6.45) is 4.91. The van der Waals surface area contributed by atoms with E-state index < -0.39 is 0 Å². The van der Waals surface area contributed by atoms with E-state index in [1.807, 2.05) is 12.3 Å². The molecule has 1 aromatic rings. The van der Waals surface area contributed by atoms with Crippen LogP contribution in [0.4, 0.5) is 0 Å². The highest BCUT2D eigenvalue weighted by Gasteiger charge is 1.98. The smallest absolute Gasteiger partial charge is 0.264 e. The van der Waals surface area contributed by atoms with E-state index >= 15 is 0 Å². The standard InChI is InChI=1S/C10H13BrClNO/c11-9-5-4-8-13(10(9)14)7-3-1-2-6-12/h4-5,8H,1-3,6-7H2. The Morgan fingerprint density at radius 2 is 2.14 bits per heavy atom. The van der Waals surface area contributed by atoms with Gasteiger partial charge in [0.15, 0.2) is 0 Å². The molecule has 0 saturated carbocycles. The maximum Gasteiger partial charge on any atom is 0.264 e. The monoisotopic (exact) mass is 277 g/mol. The van der Waals surface area contributed by atoms with Crippen LogP contribution >= 0.6 is 27.5 Å². The summed E-state index contributed by atoms with van der Waals surface area (Å²) in [5.74, 6) is 0.702. The summed E-state index contributed by atoms with van der Waals surface area (Å²) in [6, 6.07) is 3.63. The van der Waals surface area contributed by atoms with Crippen molar-refractivity contribution >= 4 is 27.5 Å². The molecule has 1 heterocycles. The van der Waals surface area contributed by atoms with Gasteiger partial charge >= 0.3 is 0 Å². The zero-order chi connectivity index (χ0) is 10.4. The Balaban J connectivity index is 2.51. The molecule has 2 nitrogen and oxygen atoms in total. The van der Waals surface area contributed by atoms with Gasteiger partial charge in [0.2, 0.25) is 0 Å². The maximum absolute atomic E-state index is 11.5.